The van der Waals surface area contributed by atoms with Crippen LogP contribution >= 0.6 is 0 Å². The van der Waals surface area contributed by atoms with Crippen LogP contribution < -0.4 is 10.1 Å². The number of benzene rings is 2. The Morgan fingerprint density at radius 1 is 1.16 bits per heavy atom. The third-order valence-electron chi connectivity index (χ3n) is 3.82. The number of hydrogen-bond donors (Lipinski definition) is 1. The smallest absolute Gasteiger partial charge is 0.246 e. The summed E-state index contributed by atoms with van der Waals surface area (Å²) < 4.78 is 31.1. The molecule has 6 nitrogen and oxygen atoms in total. The number of anilines is 1. The highest BCUT2D eigenvalue weighted by atomic mass is 32.2. The molecule has 0 aliphatic heterocycles. The van der Waals surface area contributed by atoms with Crippen molar-refractivity contribution in [1.29, 1.82) is 0 Å². The Labute approximate surface area is 148 Å². The third-order valence-corrected chi connectivity index (χ3v) is 5.65. The minimum atomic E-state index is -3.69. The van der Waals surface area contributed by atoms with Crippen LogP contribution in [0.1, 0.15) is 11.1 Å². The average molecular weight is 362 g/mol. The molecule has 0 spiro atoms. The van der Waals surface area contributed by atoms with Gasteiger partial charge in [-0.2, -0.15) is 0 Å². The molecule has 0 saturated carbocycles. The van der Waals surface area contributed by atoms with Gasteiger partial charge in [0, 0.05) is 19.8 Å². The second-order valence-electron chi connectivity index (χ2n) is 5.80. The summed E-state index contributed by atoms with van der Waals surface area (Å²) in [5, 5.41) is 2.74. The topological polar surface area (TPSA) is 75.7 Å². The van der Waals surface area contributed by atoms with Crippen LogP contribution in [0.3, 0.4) is 0 Å². The average Bonchev–Trinajstić information content (AvgIpc) is 2.56. The van der Waals surface area contributed by atoms with Gasteiger partial charge in [0.2, 0.25) is 15.9 Å². The van der Waals surface area contributed by atoms with Crippen LogP contribution in [0.25, 0.3) is 0 Å². The van der Waals surface area contributed by atoms with E-state index in [2.05, 4.69) is 5.32 Å². The summed E-state index contributed by atoms with van der Waals surface area (Å²) in [6.07, 6.45) is 0.217. The fourth-order valence-corrected chi connectivity index (χ4v) is 3.41. The normalized spacial score (nSPS) is 11.4. The highest BCUT2D eigenvalue weighted by Crippen LogP contribution is 2.28. The molecule has 0 unspecified atom stereocenters. The Hall–Kier alpha value is -2.38. The van der Waals surface area contributed by atoms with Gasteiger partial charge in [0.15, 0.2) is 0 Å². The van der Waals surface area contributed by atoms with Gasteiger partial charge in [0.25, 0.3) is 0 Å². The van der Waals surface area contributed by atoms with Crippen molar-refractivity contribution in [2.45, 2.75) is 18.2 Å². The van der Waals surface area contributed by atoms with Gasteiger partial charge >= 0.3 is 0 Å². The number of aryl methyl sites for hydroxylation is 1. The van der Waals surface area contributed by atoms with Crippen LogP contribution in [-0.4, -0.2) is 39.8 Å². The fourth-order valence-electron chi connectivity index (χ4n) is 2.34. The molecule has 0 fully saturated rings. The number of rotatable bonds is 6. The van der Waals surface area contributed by atoms with Crippen LogP contribution in [0.2, 0.25) is 0 Å². The Kier molecular flexibility index (Phi) is 5.81. The molecule has 25 heavy (non-hydrogen) atoms. The van der Waals surface area contributed by atoms with Gasteiger partial charge in [0.1, 0.15) is 10.6 Å². The van der Waals surface area contributed by atoms with E-state index in [1.54, 1.807) is 6.07 Å². The maximum atomic E-state index is 12.4. The minimum Gasteiger partial charge on any atom is -0.495 e. The molecule has 0 saturated heterocycles. The van der Waals surface area contributed by atoms with Crippen LogP contribution in [0.15, 0.2) is 47.4 Å². The van der Waals surface area contributed by atoms with E-state index in [0.717, 1.165) is 15.4 Å². The predicted molar refractivity (Wildman–Crippen MR) is 97.4 cm³/mol. The highest BCUT2D eigenvalue weighted by molar-refractivity contribution is 7.89. The fraction of sp³-hybridized carbons (Fsp3) is 0.278. The van der Waals surface area contributed by atoms with Crippen LogP contribution in [-0.2, 0) is 21.2 Å². The molecule has 1 amide bonds. The molecular formula is C18H22N2O4S. The maximum absolute atomic E-state index is 12.4. The number of ether oxygens (including phenoxy) is 1. The molecule has 7 heteroatoms. The summed E-state index contributed by atoms with van der Waals surface area (Å²) in [7, 11) is 0.602. The monoisotopic (exact) mass is 362 g/mol. The van der Waals surface area contributed by atoms with Crippen molar-refractivity contribution >= 4 is 21.6 Å². The van der Waals surface area contributed by atoms with Gasteiger partial charge in [-0.05, 0) is 36.2 Å². The van der Waals surface area contributed by atoms with E-state index in [-0.39, 0.29) is 23.0 Å². The van der Waals surface area contributed by atoms with E-state index < -0.39 is 10.0 Å². The van der Waals surface area contributed by atoms with E-state index in [4.69, 9.17) is 4.74 Å². The summed E-state index contributed by atoms with van der Waals surface area (Å²) >= 11 is 0. The number of nitrogens with zero attached hydrogens (tertiary/aromatic N) is 1. The molecule has 1 N–H and O–H groups in total. The molecule has 0 aliphatic carbocycles. The van der Waals surface area contributed by atoms with E-state index in [1.807, 2.05) is 31.2 Å². The zero-order valence-electron chi connectivity index (χ0n) is 14.7. The summed E-state index contributed by atoms with van der Waals surface area (Å²) in [4.78, 5) is 12.3. The molecule has 0 aliphatic rings. The molecule has 0 aromatic heterocycles. The van der Waals surface area contributed by atoms with Gasteiger partial charge in [-0.1, -0.05) is 24.3 Å². The van der Waals surface area contributed by atoms with Gasteiger partial charge in [-0.15, -0.1) is 0 Å². The molecule has 134 valence electrons. The summed E-state index contributed by atoms with van der Waals surface area (Å²) in [5.41, 5.74) is 2.36. The van der Waals surface area contributed by atoms with Crippen molar-refractivity contribution in [2.24, 2.45) is 0 Å². The molecule has 0 heterocycles. The molecule has 2 aromatic carbocycles. The van der Waals surface area contributed by atoms with E-state index in [1.165, 1.54) is 33.3 Å². The first kappa shape index (κ1) is 19.0. The largest absolute Gasteiger partial charge is 0.495 e. The Morgan fingerprint density at radius 2 is 1.84 bits per heavy atom. The number of carbonyl (C=O) groups excluding carboxylic acids is 1. The summed E-state index contributed by atoms with van der Waals surface area (Å²) in [6.45, 7) is 1.94. The van der Waals surface area contributed by atoms with Crippen molar-refractivity contribution in [1.82, 2.24) is 4.31 Å². The number of hydrogen-bond acceptors (Lipinski definition) is 4. The van der Waals surface area contributed by atoms with Crippen molar-refractivity contribution in [3.05, 3.63) is 53.6 Å². The minimum absolute atomic E-state index is 0.00805. The lowest BCUT2D eigenvalue weighted by Crippen LogP contribution is -2.23. The lowest BCUT2D eigenvalue weighted by atomic mass is 10.1. The molecule has 0 atom stereocenters. The van der Waals surface area contributed by atoms with Gasteiger partial charge in [0.05, 0.1) is 13.5 Å². The van der Waals surface area contributed by atoms with Gasteiger partial charge in [-0.3, -0.25) is 4.79 Å². The van der Waals surface area contributed by atoms with E-state index in [9.17, 15) is 13.2 Å². The van der Waals surface area contributed by atoms with Crippen molar-refractivity contribution in [3.63, 3.8) is 0 Å². The van der Waals surface area contributed by atoms with Crippen molar-refractivity contribution < 1.29 is 17.9 Å². The van der Waals surface area contributed by atoms with E-state index >= 15 is 0 Å². The maximum Gasteiger partial charge on any atom is 0.246 e. The predicted octanol–water partition coefficient (Wildman–Crippen LogP) is 2.44. The first-order chi connectivity index (χ1) is 11.8. The molecule has 0 radical (unpaired) electrons. The number of carbonyl (C=O) groups is 1. The second-order valence-corrected chi connectivity index (χ2v) is 7.92. The number of methoxy groups -OCH3 is 1. The van der Waals surface area contributed by atoms with Crippen molar-refractivity contribution in [3.8, 4) is 5.75 Å². The summed E-state index contributed by atoms with van der Waals surface area (Å²) in [6, 6.07) is 12.2. The first-order valence-electron chi connectivity index (χ1n) is 7.70. The molecule has 2 rings (SSSR count). The summed E-state index contributed by atoms with van der Waals surface area (Å²) in [5.74, 6) is 0.0123. The standard InChI is InChI=1S/C18H22N2O4S/c1-13-7-5-6-8-14(13)11-18(21)19-15-9-10-16(24-4)17(12-15)25(22,23)20(2)3/h5-10,12H,11H2,1-4H3,(H,19,21). The lowest BCUT2D eigenvalue weighted by molar-refractivity contribution is -0.115. The van der Waals surface area contributed by atoms with E-state index in [0.29, 0.717) is 5.69 Å². The van der Waals surface area contributed by atoms with Gasteiger partial charge in [-0.25, -0.2) is 12.7 Å². The number of amides is 1. The Morgan fingerprint density at radius 3 is 2.44 bits per heavy atom. The quantitative estimate of drug-likeness (QED) is 0.856. The van der Waals surface area contributed by atoms with Crippen LogP contribution in [0, 0.1) is 6.92 Å². The molecule has 0 bridgehead atoms. The van der Waals surface area contributed by atoms with Crippen molar-refractivity contribution in [2.75, 3.05) is 26.5 Å². The van der Waals surface area contributed by atoms with Crippen LogP contribution in [0.4, 0.5) is 5.69 Å². The number of sulfonamides is 1. The lowest BCUT2D eigenvalue weighted by Gasteiger charge is -2.16. The zero-order chi connectivity index (χ0) is 18.6. The number of nitrogens with one attached hydrogen (secondary N) is 1. The van der Waals surface area contributed by atoms with Crippen LogP contribution in [0.5, 0.6) is 5.75 Å². The first-order valence-corrected chi connectivity index (χ1v) is 9.14. The Balaban J connectivity index is 2.26. The third kappa shape index (κ3) is 4.37. The molecule has 2 aromatic rings. The zero-order valence-corrected chi connectivity index (χ0v) is 15.6. The Bertz CT molecular complexity index is 876. The van der Waals surface area contributed by atoms with Gasteiger partial charge < -0.3 is 10.1 Å². The highest BCUT2D eigenvalue weighted by Gasteiger charge is 2.23. The molecular weight excluding hydrogens is 340 g/mol. The second kappa shape index (κ2) is 7.67. The SMILES string of the molecule is COc1ccc(NC(=O)Cc2ccccc2C)cc1S(=O)(=O)N(C)C.